The lowest BCUT2D eigenvalue weighted by Crippen LogP contribution is -2.32. The Morgan fingerprint density at radius 3 is 1.86 bits per heavy atom. The molecule has 1 aromatic heterocycles. The molecule has 3 rings (SSSR count). The average Bonchev–Trinajstić information content (AvgIpc) is 3.64. The maximum absolute atomic E-state index is 12.3. The van der Waals surface area contributed by atoms with Crippen molar-refractivity contribution in [1.29, 1.82) is 0 Å². The zero-order chi connectivity index (χ0) is 43.9. The van der Waals surface area contributed by atoms with Gasteiger partial charge in [-0.05, 0) is 74.4 Å². The van der Waals surface area contributed by atoms with Gasteiger partial charge in [0.2, 0.25) is 11.0 Å². The number of nitrogens with one attached hydrogen (secondary N) is 1. The van der Waals surface area contributed by atoms with E-state index in [0.29, 0.717) is 60.2 Å². The highest BCUT2D eigenvalue weighted by molar-refractivity contribution is 7.21. The van der Waals surface area contributed by atoms with Crippen molar-refractivity contribution < 1.29 is 28.5 Å². The van der Waals surface area contributed by atoms with Crippen LogP contribution in [0.1, 0.15) is 137 Å². The number of rotatable bonds is 24. The first-order valence-corrected chi connectivity index (χ1v) is 22.2. The lowest BCUT2D eigenvalue weighted by Gasteiger charge is -2.26. The van der Waals surface area contributed by atoms with Gasteiger partial charge in [0.05, 0.1) is 54.7 Å². The molecule has 1 N–H and O–H groups in total. The van der Waals surface area contributed by atoms with E-state index in [4.69, 9.17) is 14.2 Å². The third kappa shape index (κ3) is 21.2. The van der Waals surface area contributed by atoms with Gasteiger partial charge in [0, 0.05) is 38.9 Å². The predicted molar refractivity (Wildman–Crippen MR) is 246 cm³/mol. The number of hydrogen-bond donors (Lipinski definition) is 1. The van der Waals surface area contributed by atoms with E-state index in [1.54, 1.807) is 20.1 Å². The fraction of sp³-hybridized carbons (Fsp3) is 0.630. The summed E-state index contributed by atoms with van der Waals surface area (Å²) < 4.78 is 22.7. The van der Waals surface area contributed by atoms with Gasteiger partial charge in [-0.1, -0.05) is 112 Å². The van der Waals surface area contributed by atoms with Crippen LogP contribution in [0.3, 0.4) is 0 Å². The van der Waals surface area contributed by atoms with Gasteiger partial charge in [-0.3, -0.25) is 4.79 Å². The van der Waals surface area contributed by atoms with E-state index >= 15 is 0 Å². The molecule has 328 valence electrons. The predicted octanol–water partition coefficient (Wildman–Crippen LogP) is 13.3. The fourth-order valence-electron chi connectivity index (χ4n) is 5.65. The molecule has 0 fully saturated rings. The van der Waals surface area contributed by atoms with Gasteiger partial charge in [-0.15, -0.1) is 10.2 Å². The molecule has 0 aliphatic carbocycles. The quantitative estimate of drug-likeness (QED) is 0.0410. The summed E-state index contributed by atoms with van der Waals surface area (Å²) in [5.74, 6) is 1.32. The molecule has 0 aliphatic heterocycles. The topological polar surface area (TPSA) is 124 Å². The lowest BCUT2D eigenvalue weighted by molar-refractivity contribution is -0.114. The first kappa shape index (κ1) is 54.1. The third-order valence-corrected chi connectivity index (χ3v) is 10.1. The fourth-order valence-corrected chi connectivity index (χ4v) is 6.46. The molecule has 3 aromatic rings. The molecule has 2 unspecified atom stereocenters. The zero-order valence-electron chi connectivity index (χ0n) is 38.3. The van der Waals surface area contributed by atoms with Gasteiger partial charge >= 0.3 is 5.97 Å². The Morgan fingerprint density at radius 2 is 1.40 bits per heavy atom. The van der Waals surface area contributed by atoms with E-state index in [1.165, 1.54) is 63.9 Å². The molecule has 1 heterocycles. The molecule has 2 atom stereocenters. The number of carbonyl (C=O) groups excluding carboxylic acids is 2. The lowest BCUT2D eigenvalue weighted by atomic mass is 10.0. The third-order valence-electron chi connectivity index (χ3n) is 9.18. The van der Waals surface area contributed by atoms with Crippen LogP contribution in [0.2, 0.25) is 0 Å². The van der Waals surface area contributed by atoms with Crippen LogP contribution in [0.4, 0.5) is 22.2 Å². The van der Waals surface area contributed by atoms with E-state index < -0.39 is 5.97 Å². The minimum Gasteiger partial charge on any atom is -0.502 e. The summed E-state index contributed by atoms with van der Waals surface area (Å²) in [7, 11) is 2.97. The molecule has 12 heteroatoms. The van der Waals surface area contributed by atoms with Gasteiger partial charge in [0.15, 0.2) is 0 Å². The van der Waals surface area contributed by atoms with Crippen molar-refractivity contribution >= 4 is 55.6 Å². The first-order valence-electron chi connectivity index (χ1n) is 21.4. The van der Waals surface area contributed by atoms with Crippen LogP contribution >= 0.6 is 11.3 Å². The molecule has 0 saturated heterocycles. The zero-order valence-corrected chi connectivity index (χ0v) is 39.1. The Balaban J connectivity index is 0.00000329. The standard InChI is InChI=1S/C38H57N5O5S.C4H8O.2C2H6/c1-8-12-14-29(10-3)25-47-20-18-43(19-21-48-26-30(11-4)15-13-9-2)31-16-17-33(34(23-31)39-28(6)44)41-42-38-40-35-22-27(5)32(37(45)46-7)24-36(35)49-38;1-4(2)5-3;2*1-2/h16-17,22-24,29-30H,8-15,18-21,25-26H2,1-7H3,(H,39,44);1H2,2-3H3;2*1-2H3. The van der Waals surface area contributed by atoms with Crippen LogP contribution in [-0.2, 0) is 23.7 Å². The second-order valence-electron chi connectivity index (χ2n) is 13.6. The van der Waals surface area contributed by atoms with E-state index in [2.05, 4.69) is 64.4 Å². The summed E-state index contributed by atoms with van der Waals surface area (Å²) >= 11 is 1.33. The number of amides is 1. The van der Waals surface area contributed by atoms with Crippen molar-refractivity contribution in [2.24, 2.45) is 22.1 Å². The number of hydrogen-bond acceptors (Lipinski definition) is 11. The number of carbonyl (C=O) groups is 2. The number of ether oxygens (including phenoxy) is 4. The number of aromatic nitrogens is 1. The van der Waals surface area contributed by atoms with Crippen molar-refractivity contribution in [1.82, 2.24) is 4.98 Å². The molecular weight excluding hydrogens is 751 g/mol. The maximum Gasteiger partial charge on any atom is 0.338 e. The van der Waals surface area contributed by atoms with Crippen LogP contribution in [-0.4, -0.2) is 70.6 Å². The number of anilines is 2. The van der Waals surface area contributed by atoms with Crippen molar-refractivity contribution in [3.63, 3.8) is 0 Å². The molecule has 58 heavy (non-hydrogen) atoms. The Hall–Kier alpha value is -3.87. The van der Waals surface area contributed by atoms with Crippen LogP contribution in [0, 0.1) is 18.8 Å². The summed E-state index contributed by atoms with van der Waals surface area (Å²) in [6.45, 7) is 29.6. The summed E-state index contributed by atoms with van der Waals surface area (Å²) in [4.78, 5) is 31.3. The van der Waals surface area contributed by atoms with Crippen LogP contribution in [0.5, 0.6) is 0 Å². The smallest absolute Gasteiger partial charge is 0.338 e. The Kier molecular flexibility index (Phi) is 30.8. The second kappa shape index (κ2) is 33.0. The second-order valence-corrected chi connectivity index (χ2v) is 14.6. The molecular formula is C46H77N5O6S. The van der Waals surface area contributed by atoms with Gasteiger partial charge < -0.3 is 29.2 Å². The highest BCUT2D eigenvalue weighted by Gasteiger charge is 2.16. The van der Waals surface area contributed by atoms with Crippen molar-refractivity contribution in [3.05, 3.63) is 53.8 Å². The maximum atomic E-state index is 12.3. The summed E-state index contributed by atoms with van der Waals surface area (Å²) in [5, 5.41) is 12.3. The van der Waals surface area contributed by atoms with E-state index in [0.717, 1.165) is 53.3 Å². The highest BCUT2D eigenvalue weighted by atomic mass is 32.1. The number of unbranched alkanes of at least 4 members (excludes halogenated alkanes) is 2. The number of benzene rings is 2. The molecule has 0 aliphatic rings. The monoisotopic (exact) mass is 828 g/mol. The first-order chi connectivity index (χ1) is 28.0. The number of azo groups is 1. The molecule has 2 aromatic carbocycles. The minimum absolute atomic E-state index is 0.201. The Labute approximate surface area is 355 Å². The van der Waals surface area contributed by atoms with Crippen LogP contribution in [0.25, 0.3) is 10.2 Å². The number of thiazole rings is 1. The summed E-state index contributed by atoms with van der Waals surface area (Å²) in [5.41, 5.74) is 4.02. The van der Waals surface area contributed by atoms with Gasteiger partial charge in [0.25, 0.3) is 0 Å². The number of fused-ring (bicyclic) bond motifs is 1. The number of nitrogens with zero attached hydrogens (tertiary/aromatic N) is 4. The van der Waals surface area contributed by atoms with Crippen LogP contribution in [0.15, 0.2) is 52.9 Å². The van der Waals surface area contributed by atoms with E-state index in [1.807, 2.05) is 58.9 Å². The van der Waals surface area contributed by atoms with E-state index in [9.17, 15) is 9.59 Å². The molecule has 0 radical (unpaired) electrons. The van der Waals surface area contributed by atoms with Gasteiger partial charge in [-0.25, -0.2) is 9.78 Å². The number of methoxy groups -OCH3 is 2. The summed E-state index contributed by atoms with van der Waals surface area (Å²) in [6.07, 6.45) is 9.49. The molecule has 0 spiro atoms. The number of allylic oxidation sites excluding steroid dienone is 1. The summed E-state index contributed by atoms with van der Waals surface area (Å²) in [6, 6.07) is 9.41. The minimum atomic E-state index is -0.391. The van der Waals surface area contributed by atoms with Crippen molar-refractivity contribution in [2.75, 3.05) is 64.0 Å². The average molecular weight is 828 g/mol. The Bertz CT molecular complexity index is 1590. The van der Waals surface area contributed by atoms with E-state index in [-0.39, 0.29) is 5.91 Å². The number of esters is 1. The molecule has 0 saturated carbocycles. The largest absolute Gasteiger partial charge is 0.502 e. The van der Waals surface area contributed by atoms with Crippen molar-refractivity contribution in [3.8, 4) is 0 Å². The molecule has 1 amide bonds. The SMILES string of the molecule is C=C(C)OC.CC.CC.CCCCC(CC)COCCN(CCOCC(CC)CCCC)c1ccc(N=Nc2nc3cc(C)c(C(=O)OC)cc3s2)c(NC(C)=O)c1. The molecule has 0 bridgehead atoms. The van der Waals surface area contributed by atoms with Crippen molar-refractivity contribution in [2.45, 2.75) is 128 Å². The van der Waals surface area contributed by atoms with Gasteiger partial charge in [-0.2, -0.15) is 0 Å². The Morgan fingerprint density at radius 1 is 0.845 bits per heavy atom. The number of aryl methyl sites for hydroxylation is 1. The molecule has 11 nitrogen and oxygen atoms in total. The van der Waals surface area contributed by atoms with Crippen LogP contribution < -0.4 is 10.2 Å². The highest BCUT2D eigenvalue weighted by Crippen LogP contribution is 2.35. The normalized spacial score (nSPS) is 11.6. The van der Waals surface area contributed by atoms with Gasteiger partial charge in [0.1, 0.15) is 5.69 Å².